The molecule has 2 N–H and O–H groups in total. The molecule has 0 saturated carbocycles. The monoisotopic (exact) mass is 214 g/mol. The van der Waals surface area contributed by atoms with Crippen molar-refractivity contribution in [1.29, 1.82) is 0 Å². The van der Waals surface area contributed by atoms with Gasteiger partial charge in [-0.3, -0.25) is 14.9 Å². The summed E-state index contributed by atoms with van der Waals surface area (Å²) in [6.07, 6.45) is 0.686. The lowest BCUT2D eigenvalue weighted by atomic mass is 10.0. The van der Waals surface area contributed by atoms with Crippen LogP contribution in [-0.2, 0) is 9.59 Å². The van der Waals surface area contributed by atoms with Gasteiger partial charge in [0.1, 0.15) is 6.04 Å². The Labute approximate surface area is 89.4 Å². The van der Waals surface area contributed by atoms with E-state index in [2.05, 4.69) is 5.32 Å². The highest BCUT2D eigenvalue weighted by Crippen LogP contribution is 2.12. The Morgan fingerprint density at radius 1 is 1.60 bits per heavy atom. The molecule has 0 spiro atoms. The number of rotatable bonds is 4. The Kier molecular flexibility index (Phi) is 3.68. The van der Waals surface area contributed by atoms with Gasteiger partial charge in [0.25, 0.3) is 0 Å². The van der Waals surface area contributed by atoms with Crippen LogP contribution in [0, 0.1) is 5.92 Å². The van der Waals surface area contributed by atoms with Crippen molar-refractivity contribution in [2.24, 2.45) is 5.92 Å². The number of likely N-dealkylation sites (tertiary alicyclic amines) is 1. The van der Waals surface area contributed by atoms with Crippen LogP contribution in [0.15, 0.2) is 0 Å². The molecular weight excluding hydrogens is 196 g/mol. The van der Waals surface area contributed by atoms with E-state index in [4.69, 9.17) is 5.11 Å². The van der Waals surface area contributed by atoms with Crippen molar-refractivity contribution in [3.63, 3.8) is 0 Å². The summed E-state index contributed by atoms with van der Waals surface area (Å²) in [5.74, 6) is -0.935. The van der Waals surface area contributed by atoms with Gasteiger partial charge in [0, 0.05) is 13.6 Å². The lowest BCUT2D eigenvalue weighted by Crippen LogP contribution is -2.49. The fourth-order valence-electron chi connectivity index (χ4n) is 1.74. The Bertz CT molecular complexity index is 265. The first-order valence-corrected chi connectivity index (χ1v) is 5.17. The third-order valence-corrected chi connectivity index (χ3v) is 2.74. The van der Waals surface area contributed by atoms with Crippen LogP contribution in [-0.4, -0.2) is 47.6 Å². The van der Waals surface area contributed by atoms with Gasteiger partial charge in [-0.15, -0.1) is 0 Å². The lowest BCUT2D eigenvalue weighted by Gasteiger charge is -2.21. The van der Waals surface area contributed by atoms with E-state index in [-0.39, 0.29) is 17.9 Å². The van der Waals surface area contributed by atoms with Gasteiger partial charge in [0.2, 0.25) is 5.91 Å². The van der Waals surface area contributed by atoms with Crippen LogP contribution < -0.4 is 5.32 Å². The number of amides is 1. The van der Waals surface area contributed by atoms with E-state index in [1.54, 1.807) is 11.9 Å². The van der Waals surface area contributed by atoms with Crippen LogP contribution in [0.5, 0.6) is 0 Å². The highest BCUT2D eigenvalue weighted by molar-refractivity contribution is 5.84. The van der Waals surface area contributed by atoms with Crippen LogP contribution in [0.1, 0.15) is 20.3 Å². The molecule has 1 aliphatic rings. The number of likely N-dealkylation sites (N-methyl/N-ethyl adjacent to an activating group) is 1. The Morgan fingerprint density at radius 3 is 2.53 bits per heavy atom. The Morgan fingerprint density at radius 2 is 2.20 bits per heavy atom. The number of carboxylic acid groups (broad SMARTS) is 1. The summed E-state index contributed by atoms with van der Waals surface area (Å²) in [5.41, 5.74) is 0. The fourth-order valence-corrected chi connectivity index (χ4v) is 1.74. The van der Waals surface area contributed by atoms with E-state index < -0.39 is 12.0 Å². The summed E-state index contributed by atoms with van der Waals surface area (Å²) >= 11 is 0. The van der Waals surface area contributed by atoms with Crippen molar-refractivity contribution in [3.8, 4) is 0 Å². The highest BCUT2D eigenvalue weighted by atomic mass is 16.4. The number of carbonyl (C=O) groups is 2. The van der Waals surface area contributed by atoms with E-state index in [0.29, 0.717) is 13.0 Å². The molecule has 2 unspecified atom stereocenters. The van der Waals surface area contributed by atoms with Crippen LogP contribution >= 0.6 is 0 Å². The maximum absolute atomic E-state index is 11.6. The highest BCUT2D eigenvalue weighted by Gasteiger charge is 2.33. The molecule has 1 saturated heterocycles. The van der Waals surface area contributed by atoms with Gasteiger partial charge in [-0.25, -0.2) is 0 Å². The second kappa shape index (κ2) is 4.61. The lowest BCUT2D eigenvalue weighted by molar-refractivity contribution is -0.141. The van der Waals surface area contributed by atoms with Gasteiger partial charge < -0.3 is 10.0 Å². The first kappa shape index (κ1) is 12.0. The Balaban J connectivity index is 2.60. The summed E-state index contributed by atoms with van der Waals surface area (Å²) < 4.78 is 0. The van der Waals surface area contributed by atoms with E-state index in [1.165, 1.54) is 0 Å². The number of nitrogens with zero attached hydrogens (tertiary/aromatic N) is 1. The maximum atomic E-state index is 11.6. The average Bonchev–Trinajstić information content (AvgIpc) is 2.43. The summed E-state index contributed by atoms with van der Waals surface area (Å²) in [6.45, 7) is 4.35. The molecule has 2 atom stereocenters. The van der Waals surface area contributed by atoms with Crippen molar-refractivity contribution in [3.05, 3.63) is 0 Å². The zero-order valence-electron chi connectivity index (χ0n) is 9.36. The normalized spacial score (nSPS) is 23.6. The molecule has 5 heteroatoms. The van der Waals surface area contributed by atoms with Crippen LogP contribution in [0.4, 0.5) is 0 Å². The maximum Gasteiger partial charge on any atom is 0.320 e. The van der Waals surface area contributed by atoms with E-state index >= 15 is 0 Å². The van der Waals surface area contributed by atoms with Crippen LogP contribution in [0.25, 0.3) is 0 Å². The zero-order valence-corrected chi connectivity index (χ0v) is 9.36. The third-order valence-electron chi connectivity index (χ3n) is 2.74. The SMILES string of the molecule is CC(C)C(NC1CCN(C)C1=O)C(=O)O. The molecule has 0 aromatic rings. The average molecular weight is 214 g/mol. The van der Waals surface area contributed by atoms with Crippen molar-refractivity contribution < 1.29 is 14.7 Å². The van der Waals surface area contributed by atoms with Gasteiger partial charge in [0.15, 0.2) is 0 Å². The quantitative estimate of drug-likeness (QED) is 0.686. The number of aliphatic carboxylic acids is 1. The second-order valence-corrected chi connectivity index (χ2v) is 4.33. The Hall–Kier alpha value is -1.10. The molecule has 0 aromatic heterocycles. The smallest absolute Gasteiger partial charge is 0.320 e. The molecule has 0 bridgehead atoms. The van der Waals surface area contributed by atoms with Crippen molar-refractivity contribution in [2.75, 3.05) is 13.6 Å². The predicted octanol–water partition coefficient (Wildman–Crippen LogP) is -0.0841. The molecule has 0 aliphatic carbocycles. The molecule has 1 fully saturated rings. The summed E-state index contributed by atoms with van der Waals surface area (Å²) in [7, 11) is 1.73. The first-order valence-electron chi connectivity index (χ1n) is 5.17. The summed E-state index contributed by atoms with van der Waals surface area (Å²) in [5, 5.41) is 11.9. The van der Waals surface area contributed by atoms with Gasteiger partial charge in [-0.2, -0.15) is 0 Å². The first-order chi connectivity index (χ1) is 6.93. The molecule has 86 valence electrons. The van der Waals surface area contributed by atoms with Gasteiger partial charge in [-0.05, 0) is 12.3 Å². The molecule has 1 rings (SSSR count). The van der Waals surface area contributed by atoms with Crippen LogP contribution in [0.2, 0.25) is 0 Å². The van der Waals surface area contributed by atoms with E-state index in [0.717, 1.165) is 0 Å². The van der Waals surface area contributed by atoms with Crippen molar-refractivity contribution in [2.45, 2.75) is 32.4 Å². The zero-order chi connectivity index (χ0) is 11.6. The standard InChI is InChI=1S/C10H18N2O3/c1-6(2)8(10(14)15)11-7-4-5-12(3)9(7)13/h6-8,11H,4-5H2,1-3H3,(H,14,15). The van der Waals surface area contributed by atoms with Crippen molar-refractivity contribution >= 4 is 11.9 Å². The number of hydrogen-bond donors (Lipinski definition) is 2. The van der Waals surface area contributed by atoms with E-state index in [9.17, 15) is 9.59 Å². The van der Waals surface area contributed by atoms with Crippen LogP contribution in [0.3, 0.4) is 0 Å². The minimum atomic E-state index is -0.896. The second-order valence-electron chi connectivity index (χ2n) is 4.33. The number of carbonyl (C=O) groups excluding carboxylic acids is 1. The predicted molar refractivity (Wildman–Crippen MR) is 55.4 cm³/mol. The van der Waals surface area contributed by atoms with Gasteiger partial charge >= 0.3 is 5.97 Å². The molecule has 15 heavy (non-hydrogen) atoms. The summed E-state index contributed by atoms with van der Waals surface area (Å²) in [4.78, 5) is 24.1. The molecule has 1 heterocycles. The molecule has 5 nitrogen and oxygen atoms in total. The number of nitrogens with one attached hydrogen (secondary N) is 1. The fraction of sp³-hybridized carbons (Fsp3) is 0.800. The summed E-state index contributed by atoms with van der Waals surface area (Å²) in [6, 6.07) is -0.982. The largest absolute Gasteiger partial charge is 0.480 e. The molecule has 0 radical (unpaired) electrons. The van der Waals surface area contributed by atoms with Crippen molar-refractivity contribution in [1.82, 2.24) is 10.2 Å². The molecule has 0 aromatic carbocycles. The molecular formula is C10H18N2O3. The topological polar surface area (TPSA) is 69.6 Å². The minimum Gasteiger partial charge on any atom is -0.480 e. The molecule has 1 amide bonds. The van der Waals surface area contributed by atoms with Gasteiger partial charge in [0.05, 0.1) is 6.04 Å². The third kappa shape index (κ3) is 2.68. The van der Waals surface area contributed by atoms with E-state index in [1.807, 2.05) is 13.8 Å². The number of hydrogen-bond acceptors (Lipinski definition) is 3. The number of carboxylic acids is 1. The molecule has 1 aliphatic heterocycles. The van der Waals surface area contributed by atoms with Gasteiger partial charge in [-0.1, -0.05) is 13.8 Å². The minimum absolute atomic E-state index is 0.0121.